The molecule has 39 heavy (non-hydrogen) atoms. The van der Waals surface area contributed by atoms with Gasteiger partial charge in [0.25, 0.3) is 0 Å². The average molecular weight is 556 g/mol. The number of carboxylic acid groups (broad SMARTS) is 1. The molecule has 10 N–H and O–H groups in total. The van der Waals surface area contributed by atoms with Gasteiger partial charge in [0.15, 0.2) is 6.67 Å². The number of carboxylic acids is 1. The molecule has 2 saturated heterocycles. The van der Waals surface area contributed by atoms with Crippen LogP contribution in [0.15, 0.2) is 4.99 Å². The van der Waals surface area contributed by atoms with Gasteiger partial charge < -0.3 is 47.0 Å². The van der Waals surface area contributed by atoms with Gasteiger partial charge >= 0.3 is 5.97 Å². The average Bonchev–Trinajstić information content (AvgIpc) is 3.40. The van der Waals surface area contributed by atoms with E-state index >= 15 is 0 Å². The number of nitrogens with zero attached hydrogens (tertiary/aromatic N) is 1. The third kappa shape index (κ3) is 10.6. The summed E-state index contributed by atoms with van der Waals surface area (Å²) in [5.41, 5.74) is 4.52. The standard InChI is InChI=1S/C28H54N6O5/c1-20-24(36)15-23(34-14-13-30-19-34)22(33-20)9-8-21(35)7-5-3-4-6-10-28(39,17-26(37)38)18-32-27(2)11-12-31-25(29)16-27/h13,20-25,31-33,35-36,39H,3-12,14-19,29H2,1-2H3,(H,37,38)/p+1. The predicted octanol–water partition coefficient (Wildman–Crippen LogP) is -0.903. The second-order valence-corrected chi connectivity index (χ2v) is 12.8. The van der Waals surface area contributed by atoms with Crippen LogP contribution in [0.25, 0.3) is 0 Å². The van der Waals surface area contributed by atoms with Crippen molar-refractivity contribution in [2.75, 3.05) is 26.3 Å². The van der Waals surface area contributed by atoms with Gasteiger partial charge in [-0.15, -0.1) is 0 Å². The van der Waals surface area contributed by atoms with Crippen LogP contribution in [-0.4, -0.2) is 107 Å². The van der Waals surface area contributed by atoms with E-state index < -0.39 is 11.6 Å². The van der Waals surface area contributed by atoms with Gasteiger partial charge in [-0.25, -0.2) is 4.99 Å². The molecule has 0 radical (unpaired) electrons. The molecule has 0 amide bonds. The highest BCUT2D eigenvalue weighted by molar-refractivity contribution is 5.68. The van der Waals surface area contributed by atoms with Crippen LogP contribution in [0.2, 0.25) is 0 Å². The Morgan fingerprint density at radius 1 is 1.31 bits per heavy atom. The number of piperidine rings is 2. The van der Waals surface area contributed by atoms with Gasteiger partial charge in [0.1, 0.15) is 12.6 Å². The lowest BCUT2D eigenvalue weighted by molar-refractivity contribution is -0.914. The molecule has 0 bridgehead atoms. The number of aliphatic hydroxyl groups is 3. The highest BCUT2D eigenvalue weighted by atomic mass is 16.4. The Morgan fingerprint density at radius 2 is 2.08 bits per heavy atom. The number of rotatable bonds is 16. The molecule has 226 valence electrons. The Bertz CT molecular complexity index is 782. The number of nitrogens with one attached hydrogen (secondary N) is 4. The Morgan fingerprint density at radius 3 is 2.77 bits per heavy atom. The maximum Gasteiger partial charge on any atom is 0.306 e. The summed E-state index contributed by atoms with van der Waals surface area (Å²) >= 11 is 0. The highest BCUT2D eigenvalue weighted by Gasteiger charge is 2.40. The number of aliphatic hydroxyl groups excluding tert-OH is 2. The molecule has 2 fully saturated rings. The number of carbonyl (C=O) groups is 1. The van der Waals surface area contributed by atoms with Gasteiger partial charge in [-0.05, 0) is 58.9 Å². The summed E-state index contributed by atoms with van der Waals surface area (Å²) in [7, 11) is 0. The molecule has 3 rings (SSSR count). The maximum absolute atomic E-state index is 11.4. The van der Waals surface area contributed by atoms with Crippen molar-refractivity contribution in [2.24, 2.45) is 10.7 Å². The molecule has 3 aliphatic heterocycles. The van der Waals surface area contributed by atoms with Crippen molar-refractivity contribution >= 4 is 12.2 Å². The first-order valence-corrected chi connectivity index (χ1v) is 15.1. The Balaban J connectivity index is 1.33. The molecule has 0 aliphatic carbocycles. The summed E-state index contributed by atoms with van der Waals surface area (Å²) in [6, 6.07) is 0.624. The molecule has 9 unspecified atom stereocenters. The second kappa shape index (κ2) is 15.2. The molecular weight excluding hydrogens is 500 g/mol. The lowest BCUT2D eigenvalue weighted by atomic mass is 9.86. The predicted molar refractivity (Wildman–Crippen MR) is 152 cm³/mol. The third-order valence-electron chi connectivity index (χ3n) is 9.16. The number of aliphatic imine (C=N–C) groups is 1. The van der Waals surface area contributed by atoms with E-state index in [1.807, 2.05) is 13.1 Å². The summed E-state index contributed by atoms with van der Waals surface area (Å²) in [6.45, 7) is 6.79. The van der Waals surface area contributed by atoms with Crippen LogP contribution in [0.5, 0.6) is 0 Å². The van der Waals surface area contributed by atoms with E-state index in [0.29, 0.717) is 12.5 Å². The Hall–Kier alpha value is -1.18. The normalized spacial score (nSPS) is 35.5. The smallest absolute Gasteiger partial charge is 0.306 e. The number of hydrogen-bond acceptors (Lipinski definition) is 9. The molecule has 0 saturated carbocycles. The van der Waals surface area contributed by atoms with E-state index in [9.17, 15) is 25.2 Å². The van der Waals surface area contributed by atoms with Crippen LogP contribution in [0.3, 0.4) is 0 Å². The Kier molecular flexibility index (Phi) is 12.6. The number of nitrogens with two attached hydrogens (primary N) is 1. The first-order chi connectivity index (χ1) is 18.5. The van der Waals surface area contributed by atoms with E-state index in [1.54, 1.807) is 0 Å². The molecule has 11 nitrogen and oxygen atoms in total. The van der Waals surface area contributed by atoms with Gasteiger partial charge in [-0.1, -0.05) is 25.7 Å². The van der Waals surface area contributed by atoms with Crippen LogP contribution in [0.4, 0.5) is 0 Å². The quantitative estimate of drug-likeness (QED) is 0.109. The minimum absolute atomic E-state index is 0.0568. The maximum atomic E-state index is 11.4. The fraction of sp³-hybridized carbons (Fsp3) is 0.929. The number of unbranched alkanes of at least 4 members (excludes halogenated alkanes) is 3. The molecule has 0 aromatic rings. The van der Waals surface area contributed by atoms with Crippen molar-refractivity contribution in [3.63, 3.8) is 0 Å². The van der Waals surface area contributed by atoms with Crippen LogP contribution in [0, 0.1) is 0 Å². The lowest BCUT2D eigenvalue weighted by Gasteiger charge is -2.41. The van der Waals surface area contributed by atoms with Crippen LogP contribution >= 0.6 is 0 Å². The minimum Gasteiger partial charge on any atom is -0.481 e. The summed E-state index contributed by atoms with van der Waals surface area (Å²) in [6.07, 6.45) is 9.50. The summed E-state index contributed by atoms with van der Waals surface area (Å²) in [5, 5.41) is 51.7. The molecule has 3 aliphatic rings. The molecule has 0 aromatic carbocycles. The van der Waals surface area contributed by atoms with E-state index in [-0.39, 0.29) is 49.0 Å². The molecule has 11 heteroatoms. The fourth-order valence-electron chi connectivity index (χ4n) is 6.58. The number of quaternary nitrogens is 1. The largest absolute Gasteiger partial charge is 0.481 e. The minimum atomic E-state index is -1.29. The first kappa shape index (κ1) is 32.3. The molecular formula is C28H55N6O5+. The highest BCUT2D eigenvalue weighted by Crippen LogP contribution is 2.25. The molecule has 0 spiro atoms. The summed E-state index contributed by atoms with van der Waals surface area (Å²) in [5.74, 6) is -0.993. The Labute approximate surface area is 234 Å². The van der Waals surface area contributed by atoms with Crippen molar-refractivity contribution in [3.05, 3.63) is 0 Å². The third-order valence-corrected chi connectivity index (χ3v) is 9.16. The van der Waals surface area contributed by atoms with E-state index in [1.165, 1.54) is 4.90 Å². The first-order valence-electron chi connectivity index (χ1n) is 15.1. The fourth-order valence-corrected chi connectivity index (χ4v) is 6.58. The zero-order valence-corrected chi connectivity index (χ0v) is 24.1. The van der Waals surface area contributed by atoms with Crippen molar-refractivity contribution in [1.82, 2.24) is 16.0 Å². The van der Waals surface area contributed by atoms with Crippen LogP contribution in [0.1, 0.15) is 90.9 Å². The SMILES string of the molecule is CC1NC(CCC(O)CCCCCCC(O)(CNC2(C)CCNC(N)C2)CC(=O)O)C([NH+]2CC=NC2)CC1O. The van der Waals surface area contributed by atoms with Crippen molar-refractivity contribution in [2.45, 2.75) is 139 Å². The van der Waals surface area contributed by atoms with Crippen molar-refractivity contribution in [1.29, 1.82) is 0 Å². The van der Waals surface area contributed by atoms with Gasteiger partial charge in [0.05, 0.1) is 42.7 Å². The molecule has 0 aromatic heterocycles. The number of hydrogen-bond donors (Lipinski definition) is 9. The lowest BCUT2D eigenvalue weighted by Crippen LogP contribution is -3.16. The van der Waals surface area contributed by atoms with Gasteiger partial charge in [-0.3, -0.25) is 4.79 Å². The second-order valence-electron chi connectivity index (χ2n) is 12.8. The van der Waals surface area contributed by atoms with Gasteiger partial charge in [0.2, 0.25) is 0 Å². The zero-order chi connectivity index (χ0) is 28.5. The topological polar surface area (TPSA) is 177 Å². The van der Waals surface area contributed by atoms with Gasteiger partial charge in [0, 0.05) is 24.5 Å². The zero-order valence-electron chi connectivity index (χ0n) is 24.1. The monoisotopic (exact) mass is 555 g/mol. The van der Waals surface area contributed by atoms with Crippen molar-refractivity contribution in [3.8, 4) is 0 Å². The molecule has 3 heterocycles. The van der Waals surface area contributed by atoms with Crippen molar-refractivity contribution < 1.29 is 30.1 Å². The van der Waals surface area contributed by atoms with E-state index in [4.69, 9.17) is 5.73 Å². The van der Waals surface area contributed by atoms with Crippen LogP contribution in [-0.2, 0) is 4.79 Å². The number of aliphatic carboxylic acids is 1. The van der Waals surface area contributed by atoms with Gasteiger partial charge in [-0.2, -0.15) is 0 Å². The van der Waals surface area contributed by atoms with Crippen LogP contribution < -0.4 is 26.6 Å². The van der Waals surface area contributed by atoms with E-state index in [2.05, 4.69) is 27.9 Å². The van der Waals surface area contributed by atoms with E-state index in [0.717, 1.165) is 84.0 Å². The number of β-amino-alcohol motifs (C(OH)–C–C–N with tert-alkyl or cyclic N) is 1. The molecule has 9 atom stereocenters. The summed E-state index contributed by atoms with van der Waals surface area (Å²) < 4.78 is 0. The summed E-state index contributed by atoms with van der Waals surface area (Å²) in [4.78, 5) is 17.2.